The topological polar surface area (TPSA) is 26.8 Å². The van der Waals surface area contributed by atoms with Gasteiger partial charge < -0.3 is 9.80 Å². The van der Waals surface area contributed by atoms with Crippen LogP contribution in [0.5, 0.6) is 0 Å². The van der Waals surface area contributed by atoms with Crippen LogP contribution < -0.4 is 0 Å². The van der Waals surface area contributed by atoms with Gasteiger partial charge in [0, 0.05) is 45.2 Å². The first kappa shape index (κ1) is 21.1. The number of amides is 1. The Labute approximate surface area is 181 Å². The van der Waals surface area contributed by atoms with Crippen LogP contribution in [-0.2, 0) is 11.3 Å². The largest absolute Gasteiger partial charge is 0.340 e. The summed E-state index contributed by atoms with van der Waals surface area (Å²) in [5, 5.41) is 0. The molecule has 2 saturated heterocycles. The summed E-state index contributed by atoms with van der Waals surface area (Å²) in [6.07, 6.45) is 2.01. The summed E-state index contributed by atoms with van der Waals surface area (Å²) in [6, 6.07) is 21.4. The minimum absolute atomic E-state index is 0.217. The van der Waals surface area contributed by atoms with Crippen molar-refractivity contribution < 1.29 is 4.79 Å². The maximum atomic E-state index is 13.1. The molecule has 1 amide bonds. The Morgan fingerprint density at radius 1 is 0.833 bits per heavy atom. The van der Waals surface area contributed by atoms with Crippen LogP contribution >= 0.6 is 0 Å². The molecule has 0 saturated carbocycles. The predicted octanol–water partition coefficient (Wildman–Crippen LogP) is 3.85. The molecule has 0 N–H and O–H groups in total. The van der Waals surface area contributed by atoms with Gasteiger partial charge >= 0.3 is 0 Å². The van der Waals surface area contributed by atoms with Crippen molar-refractivity contribution in [2.75, 3.05) is 45.8 Å². The maximum Gasteiger partial charge on any atom is 0.225 e. The summed E-state index contributed by atoms with van der Waals surface area (Å²) in [6.45, 7) is 10.2. The van der Waals surface area contributed by atoms with Crippen LogP contribution in [0.25, 0.3) is 0 Å². The van der Waals surface area contributed by atoms with Crippen molar-refractivity contribution in [2.45, 2.75) is 32.2 Å². The Balaban J connectivity index is 1.19. The van der Waals surface area contributed by atoms with Crippen LogP contribution in [0.1, 0.15) is 36.8 Å². The van der Waals surface area contributed by atoms with Gasteiger partial charge in [-0.15, -0.1) is 0 Å². The van der Waals surface area contributed by atoms with Crippen molar-refractivity contribution in [3.8, 4) is 0 Å². The molecule has 2 heterocycles. The third kappa shape index (κ3) is 5.50. The number of carbonyl (C=O) groups excluding carboxylic acids is 1. The fourth-order valence-corrected chi connectivity index (χ4v) is 4.86. The lowest BCUT2D eigenvalue weighted by molar-refractivity contribution is -0.139. The summed E-state index contributed by atoms with van der Waals surface area (Å²) in [5.74, 6) is 1.15. The summed E-state index contributed by atoms with van der Waals surface area (Å²) in [4.78, 5) is 20.2. The molecule has 0 spiro atoms. The minimum Gasteiger partial charge on any atom is -0.340 e. The quantitative estimate of drug-likeness (QED) is 0.730. The molecular formula is C26H35N3O. The van der Waals surface area contributed by atoms with Gasteiger partial charge in [-0.1, -0.05) is 67.6 Å². The average Bonchev–Trinajstić information content (AvgIpc) is 2.81. The van der Waals surface area contributed by atoms with E-state index in [1.54, 1.807) is 0 Å². The molecule has 4 heteroatoms. The summed E-state index contributed by atoms with van der Waals surface area (Å²) >= 11 is 0. The fraction of sp³-hybridized carbons (Fsp3) is 0.500. The highest BCUT2D eigenvalue weighted by Crippen LogP contribution is 2.24. The molecule has 2 aromatic rings. The molecule has 30 heavy (non-hydrogen) atoms. The van der Waals surface area contributed by atoms with Gasteiger partial charge in [0.2, 0.25) is 5.91 Å². The molecule has 1 atom stereocenters. The predicted molar refractivity (Wildman–Crippen MR) is 122 cm³/mol. The van der Waals surface area contributed by atoms with E-state index in [1.165, 1.54) is 11.1 Å². The molecule has 2 aromatic carbocycles. The zero-order chi connectivity index (χ0) is 20.8. The van der Waals surface area contributed by atoms with E-state index in [0.717, 1.165) is 65.2 Å². The maximum absolute atomic E-state index is 13.1. The molecule has 4 nitrogen and oxygen atoms in total. The molecular weight excluding hydrogens is 370 g/mol. The smallest absolute Gasteiger partial charge is 0.225 e. The lowest BCUT2D eigenvalue weighted by atomic mass is 9.93. The van der Waals surface area contributed by atoms with Gasteiger partial charge in [-0.2, -0.15) is 0 Å². The van der Waals surface area contributed by atoms with Crippen LogP contribution in [-0.4, -0.2) is 66.4 Å². The molecule has 0 aromatic heterocycles. The highest BCUT2D eigenvalue weighted by Gasteiger charge is 2.30. The fourth-order valence-electron chi connectivity index (χ4n) is 4.86. The van der Waals surface area contributed by atoms with Crippen molar-refractivity contribution in [1.82, 2.24) is 14.7 Å². The van der Waals surface area contributed by atoms with Gasteiger partial charge in [-0.3, -0.25) is 9.69 Å². The van der Waals surface area contributed by atoms with Gasteiger partial charge in [0.15, 0.2) is 0 Å². The first-order valence-corrected chi connectivity index (χ1v) is 11.5. The molecule has 0 aliphatic carbocycles. The van der Waals surface area contributed by atoms with Crippen LogP contribution in [0.15, 0.2) is 60.7 Å². The number of rotatable bonds is 6. The van der Waals surface area contributed by atoms with Gasteiger partial charge in [0.25, 0.3) is 0 Å². The lowest BCUT2D eigenvalue weighted by Crippen LogP contribution is -2.51. The molecule has 0 bridgehead atoms. The molecule has 0 unspecified atom stereocenters. The third-order valence-corrected chi connectivity index (χ3v) is 6.77. The van der Waals surface area contributed by atoms with Crippen LogP contribution in [0.4, 0.5) is 0 Å². The second-order valence-electron chi connectivity index (χ2n) is 8.97. The average molecular weight is 406 g/mol. The number of piperidine rings is 1. The summed E-state index contributed by atoms with van der Waals surface area (Å²) in [7, 11) is 0. The van der Waals surface area contributed by atoms with E-state index in [4.69, 9.17) is 0 Å². The number of hydrogen-bond donors (Lipinski definition) is 0. The molecule has 2 aliphatic heterocycles. The van der Waals surface area contributed by atoms with E-state index in [1.807, 2.05) is 0 Å². The Kier molecular flexibility index (Phi) is 7.19. The van der Waals surface area contributed by atoms with E-state index in [2.05, 4.69) is 82.3 Å². The van der Waals surface area contributed by atoms with Crippen molar-refractivity contribution >= 4 is 5.91 Å². The van der Waals surface area contributed by atoms with E-state index >= 15 is 0 Å². The van der Waals surface area contributed by atoms with Gasteiger partial charge in [0.1, 0.15) is 0 Å². The zero-order valence-corrected chi connectivity index (χ0v) is 18.2. The third-order valence-electron chi connectivity index (χ3n) is 6.77. The molecule has 4 rings (SSSR count). The Morgan fingerprint density at radius 3 is 2.07 bits per heavy atom. The van der Waals surface area contributed by atoms with Crippen molar-refractivity contribution in [3.63, 3.8) is 0 Å². The number of carbonyl (C=O) groups is 1. The number of hydrogen-bond acceptors (Lipinski definition) is 3. The van der Waals surface area contributed by atoms with Gasteiger partial charge in [-0.05, 0) is 43.0 Å². The van der Waals surface area contributed by atoms with Gasteiger partial charge in [-0.25, -0.2) is 0 Å². The van der Waals surface area contributed by atoms with Crippen LogP contribution in [0.3, 0.4) is 0 Å². The number of nitrogens with zero attached hydrogens (tertiary/aromatic N) is 3. The van der Waals surface area contributed by atoms with E-state index in [9.17, 15) is 4.79 Å². The highest BCUT2D eigenvalue weighted by molar-refractivity contribution is 5.79. The van der Waals surface area contributed by atoms with Crippen LogP contribution in [0.2, 0.25) is 0 Å². The van der Waals surface area contributed by atoms with E-state index < -0.39 is 0 Å². The molecule has 2 fully saturated rings. The minimum atomic E-state index is 0.217. The summed E-state index contributed by atoms with van der Waals surface area (Å²) < 4.78 is 0. The van der Waals surface area contributed by atoms with Crippen molar-refractivity contribution in [2.24, 2.45) is 5.92 Å². The monoisotopic (exact) mass is 405 g/mol. The first-order chi connectivity index (χ1) is 14.7. The number of benzene rings is 2. The number of piperazine rings is 1. The Morgan fingerprint density at radius 2 is 1.43 bits per heavy atom. The Hall–Kier alpha value is -2.17. The SMILES string of the molecule is C[C@H](CN1CCC(C(=O)N2CCN(Cc3ccccc3)CC2)CC1)c1ccccc1. The summed E-state index contributed by atoms with van der Waals surface area (Å²) in [5.41, 5.74) is 2.76. The first-order valence-electron chi connectivity index (χ1n) is 11.5. The normalized spacial score (nSPS) is 20.2. The lowest BCUT2D eigenvalue weighted by Gasteiger charge is -2.39. The van der Waals surface area contributed by atoms with Gasteiger partial charge in [0.05, 0.1) is 0 Å². The van der Waals surface area contributed by atoms with Crippen LogP contribution in [0, 0.1) is 5.92 Å². The molecule has 160 valence electrons. The standard InChI is InChI=1S/C26H35N3O/c1-22(24-10-6-3-7-11-24)20-27-14-12-25(13-15-27)26(30)29-18-16-28(17-19-29)21-23-8-4-2-5-9-23/h2-11,22,25H,12-21H2,1H3/t22-/m1/s1. The Bertz CT molecular complexity index is 778. The second-order valence-corrected chi connectivity index (χ2v) is 8.97. The van der Waals surface area contributed by atoms with Crippen molar-refractivity contribution in [3.05, 3.63) is 71.8 Å². The van der Waals surface area contributed by atoms with E-state index in [-0.39, 0.29) is 5.92 Å². The number of likely N-dealkylation sites (tertiary alicyclic amines) is 1. The zero-order valence-electron chi connectivity index (χ0n) is 18.2. The van der Waals surface area contributed by atoms with Crippen molar-refractivity contribution in [1.29, 1.82) is 0 Å². The van der Waals surface area contributed by atoms with E-state index in [0.29, 0.717) is 11.8 Å². The second kappa shape index (κ2) is 10.2. The highest BCUT2D eigenvalue weighted by atomic mass is 16.2. The molecule has 0 radical (unpaired) electrons. The molecule has 2 aliphatic rings.